The maximum atomic E-state index is 5.36. The predicted molar refractivity (Wildman–Crippen MR) is 81.2 cm³/mol. The number of piperidine rings is 2. The zero-order valence-corrected chi connectivity index (χ0v) is 12.5. The summed E-state index contributed by atoms with van der Waals surface area (Å²) >= 11 is 0. The molecule has 2 atom stereocenters. The predicted octanol–water partition coefficient (Wildman–Crippen LogP) is 4.20. The van der Waals surface area contributed by atoms with E-state index in [2.05, 4.69) is 23.1 Å². The highest BCUT2D eigenvalue weighted by Gasteiger charge is 2.32. The summed E-state index contributed by atoms with van der Waals surface area (Å²) in [5.74, 6) is 0.992. The Morgan fingerprint density at radius 2 is 1.95 bits per heavy atom. The van der Waals surface area contributed by atoms with Crippen molar-refractivity contribution in [3.8, 4) is 5.75 Å². The van der Waals surface area contributed by atoms with Gasteiger partial charge in [-0.2, -0.15) is 0 Å². The number of nitrogens with zero attached hydrogens (tertiary/aromatic N) is 1. The van der Waals surface area contributed by atoms with E-state index in [1.54, 1.807) is 7.11 Å². The van der Waals surface area contributed by atoms with Crippen molar-refractivity contribution in [2.24, 2.45) is 0 Å². The molecule has 0 radical (unpaired) electrons. The second-order valence-corrected chi connectivity index (χ2v) is 5.61. The number of methoxy groups -OCH3 is 1. The van der Waals surface area contributed by atoms with Crippen LogP contribution in [0.1, 0.15) is 50.1 Å². The van der Waals surface area contributed by atoms with Crippen LogP contribution in [0.2, 0.25) is 0 Å². The number of hydrogen-bond acceptors (Lipinski definition) is 2. The van der Waals surface area contributed by atoms with Crippen LogP contribution in [0, 0.1) is 0 Å². The molecule has 0 bridgehead atoms. The van der Waals surface area contributed by atoms with Crippen LogP contribution in [0.4, 0.5) is 0 Å². The first-order valence-corrected chi connectivity index (χ1v) is 7.28. The van der Waals surface area contributed by atoms with Crippen molar-refractivity contribution in [3.63, 3.8) is 0 Å². The third-order valence-corrected chi connectivity index (χ3v) is 4.57. The second-order valence-electron chi connectivity index (χ2n) is 5.61. The highest BCUT2D eigenvalue weighted by Crippen LogP contribution is 2.39. The van der Waals surface area contributed by atoms with Crippen LogP contribution < -0.4 is 4.74 Å². The summed E-state index contributed by atoms with van der Waals surface area (Å²) in [4.78, 5) is 2.75. The Kier molecular flexibility index (Phi) is 5.12. The number of benzene rings is 1. The summed E-state index contributed by atoms with van der Waals surface area (Å²) in [6.07, 6.45) is 8.29. The first-order valence-electron chi connectivity index (χ1n) is 7.28. The van der Waals surface area contributed by atoms with Gasteiger partial charge in [0.15, 0.2) is 0 Å². The van der Waals surface area contributed by atoms with Crippen molar-refractivity contribution in [1.82, 2.24) is 4.90 Å². The average molecular weight is 282 g/mol. The van der Waals surface area contributed by atoms with Gasteiger partial charge in [-0.3, -0.25) is 4.90 Å². The van der Waals surface area contributed by atoms with Gasteiger partial charge in [0, 0.05) is 12.1 Å². The van der Waals surface area contributed by atoms with Crippen molar-refractivity contribution in [2.45, 2.75) is 50.6 Å². The summed E-state index contributed by atoms with van der Waals surface area (Å²) in [6.45, 7) is 1.28. The zero-order valence-electron chi connectivity index (χ0n) is 11.7. The molecule has 0 amide bonds. The van der Waals surface area contributed by atoms with E-state index in [0.29, 0.717) is 6.04 Å². The van der Waals surface area contributed by atoms with Crippen molar-refractivity contribution in [2.75, 3.05) is 13.7 Å². The molecule has 2 nitrogen and oxygen atoms in total. The number of hydrogen-bond donors (Lipinski definition) is 0. The molecule has 0 aromatic heterocycles. The standard InChI is InChI=1S/C16H23NO.ClH/c1-18-15-9-4-6-13(12-15)16-10-5-8-14-7-2-3-11-17(14)16;/h4,6,9,12,14,16H,2-3,5,7-8,10-11H2,1H3;1H. The van der Waals surface area contributed by atoms with Crippen LogP contribution in [0.3, 0.4) is 0 Å². The van der Waals surface area contributed by atoms with E-state index in [4.69, 9.17) is 4.74 Å². The van der Waals surface area contributed by atoms with Gasteiger partial charge in [0.2, 0.25) is 0 Å². The quantitative estimate of drug-likeness (QED) is 0.806. The van der Waals surface area contributed by atoms with Crippen molar-refractivity contribution in [3.05, 3.63) is 29.8 Å². The fourth-order valence-corrected chi connectivity index (χ4v) is 3.66. The third kappa shape index (κ3) is 3.06. The van der Waals surface area contributed by atoms with E-state index in [1.807, 2.05) is 6.07 Å². The Bertz CT molecular complexity index is 407. The first kappa shape index (κ1) is 14.7. The van der Waals surface area contributed by atoms with Crippen molar-refractivity contribution in [1.29, 1.82) is 0 Å². The maximum Gasteiger partial charge on any atom is 0.119 e. The molecule has 0 aliphatic carbocycles. The van der Waals surface area contributed by atoms with Gasteiger partial charge in [0.05, 0.1) is 7.11 Å². The lowest BCUT2D eigenvalue weighted by molar-refractivity contribution is 0.0517. The fourth-order valence-electron chi connectivity index (χ4n) is 3.66. The molecule has 0 saturated carbocycles. The van der Waals surface area contributed by atoms with Gasteiger partial charge < -0.3 is 4.74 Å². The van der Waals surface area contributed by atoms with Crippen LogP contribution >= 0.6 is 12.4 Å². The van der Waals surface area contributed by atoms with Gasteiger partial charge >= 0.3 is 0 Å². The molecular formula is C16H24ClNO. The molecule has 2 fully saturated rings. The minimum atomic E-state index is 0. The number of rotatable bonds is 2. The molecule has 2 aliphatic rings. The topological polar surface area (TPSA) is 12.5 Å². The largest absolute Gasteiger partial charge is 0.497 e. The summed E-state index contributed by atoms with van der Waals surface area (Å²) in [5.41, 5.74) is 1.45. The number of ether oxygens (including phenoxy) is 1. The summed E-state index contributed by atoms with van der Waals surface area (Å²) in [7, 11) is 1.75. The van der Waals surface area contributed by atoms with E-state index < -0.39 is 0 Å². The van der Waals surface area contributed by atoms with Crippen molar-refractivity contribution >= 4 is 12.4 Å². The Morgan fingerprint density at radius 3 is 2.79 bits per heavy atom. The van der Waals surface area contributed by atoms with E-state index in [1.165, 1.54) is 50.6 Å². The average Bonchev–Trinajstić information content (AvgIpc) is 2.47. The summed E-state index contributed by atoms with van der Waals surface area (Å²) in [6, 6.07) is 10.1. The third-order valence-electron chi connectivity index (χ3n) is 4.57. The molecule has 106 valence electrons. The number of fused-ring (bicyclic) bond motifs is 1. The molecule has 3 rings (SSSR count). The normalized spacial score (nSPS) is 27.2. The Morgan fingerprint density at radius 1 is 1.11 bits per heavy atom. The molecule has 3 heteroatoms. The van der Waals surface area contributed by atoms with Gasteiger partial charge in [-0.05, 0) is 56.3 Å². The van der Waals surface area contributed by atoms with Crippen LogP contribution in [0.25, 0.3) is 0 Å². The van der Waals surface area contributed by atoms with E-state index >= 15 is 0 Å². The van der Waals surface area contributed by atoms with Gasteiger partial charge in [-0.25, -0.2) is 0 Å². The van der Waals surface area contributed by atoms with Gasteiger partial charge in [0.1, 0.15) is 5.75 Å². The molecule has 0 spiro atoms. The molecule has 2 saturated heterocycles. The van der Waals surface area contributed by atoms with Crippen LogP contribution in [0.15, 0.2) is 24.3 Å². The van der Waals surface area contributed by atoms with Crippen LogP contribution in [0.5, 0.6) is 5.75 Å². The second kappa shape index (κ2) is 6.62. The lowest BCUT2D eigenvalue weighted by atomic mass is 9.86. The minimum absolute atomic E-state index is 0. The Hall–Kier alpha value is -0.730. The first-order chi connectivity index (χ1) is 8.88. The van der Waals surface area contributed by atoms with Gasteiger partial charge in [0.25, 0.3) is 0 Å². The summed E-state index contributed by atoms with van der Waals surface area (Å²) < 4.78 is 5.36. The van der Waals surface area contributed by atoms with Gasteiger partial charge in [-0.15, -0.1) is 12.4 Å². The minimum Gasteiger partial charge on any atom is -0.497 e. The monoisotopic (exact) mass is 281 g/mol. The Balaban J connectivity index is 0.00000133. The van der Waals surface area contributed by atoms with E-state index in [9.17, 15) is 0 Å². The van der Waals surface area contributed by atoms with Crippen LogP contribution in [-0.2, 0) is 0 Å². The molecule has 1 aromatic rings. The summed E-state index contributed by atoms with van der Waals surface area (Å²) in [5, 5.41) is 0. The molecule has 2 aliphatic heterocycles. The highest BCUT2D eigenvalue weighted by atomic mass is 35.5. The lowest BCUT2D eigenvalue weighted by Crippen LogP contribution is -2.44. The van der Waals surface area contributed by atoms with Gasteiger partial charge in [-0.1, -0.05) is 18.6 Å². The fraction of sp³-hybridized carbons (Fsp3) is 0.625. The number of halogens is 1. The van der Waals surface area contributed by atoms with Crippen molar-refractivity contribution < 1.29 is 4.74 Å². The highest BCUT2D eigenvalue weighted by molar-refractivity contribution is 5.85. The Labute approximate surface area is 122 Å². The smallest absolute Gasteiger partial charge is 0.119 e. The van der Waals surface area contributed by atoms with Crippen LogP contribution in [-0.4, -0.2) is 24.6 Å². The van der Waals surface area contributed by atoms with E-state index in [0.717, 1.165) is 11.8 Å². The molecule has 0 N–H and O–H groups in total. The molecule has 19 heavy (non-hydrogen) atoms. The maximum absolute atomic E-state index is 5.36. The SMILES string of the molecule is COc1cccc(C2CCCC3CCCCN32)c1.Cl. The lowest BCUT2D eigenvalue weighted by Gasteiger charge is -2.45. The zero-order chi connectivity index (χ0) is 12.4. The molecular weight excluding hydrogens is 258 g/mol. The van der Waals surface area contributed by atoms with E-state index in [-0.39, 0.29) is 12.4 Å². The molecule has 1 aromatic carbocycles. The molecule has 2 heterocycles. The molecule has 2 unspecified atom stereocenters.